The Kier molecular flexibility index (Phi) is 6.08. The second-order valence-corrected chi connectivity index (χ2v) is 5.03. The van der Waals surface area contributed by atoms with Crippen LogP contribution in [0.15, 0.2) is 16.7 Å². The zero-order valence-corrected chi connectivity index (χ0v) is 13.7. The minimum absolute atomic E-state index is 0.156. The fraction of sp³-hybridized carbons (Fsp3) is 0.500. The van der Waals surface area contributed by atoms with Gasteiger partial charge in [-0.3, -0.25) is 0 Å². The number of unbranched alkanes of at least 4 members (excludes halogenated alkanes) is 1. The van der Waals surface area contributed by atoms with Gasteiger partial charge in [0, 0.05) is 6.07 Å². The van der Waals surface area contributed by atoms with Gasteiger partial charge < -0.3 is 14.0 Å². The van der Waals surface area contributed by atoms with Gasteiger partial charge in [-0.25, -0.2) is 4.79 Å². The Balaban J connectivity index is 1.98. The van der Waals surface area contributed by atoms with Gasteiger partial charge in [0.2, 0.25) is 5.88 Å². The first-order valence-electron chi connectivity index (χ1n) is 7.73. The van der Waals surface area contributed by atoms with Gasteiger partial charge >= 0.3 is 5.97 Å². The smallest absolute Gasteiger partial charge is 0.358 e. The summed E-state index contributed by atoms with van der Waals surface area (Å²) in [6.45, 7) is 6.33. The zero-order valence-electron chi connectivity index (χ0n) is 13.7. The topological polar surface area (TPSA) is 87.3 Å². The van der Waals surface area contributed by atoms with Crippen molar-refractivity contribution in [1.82, 2.24) is 15.4 Å². The molecule has 0 saturated heterocycles. The quantitative estimate of drug-likeness (QED) is 0.691. The molecule has 0 spiro atoms. The number of rotatable bonds is 8. The second kappa shape index (κ2) is 8.26. The molecule has 0 saturated carbocycles. The second-order valence-electron chi connectivity index (χ2n) is 5.03. The van der Waals surface area contributed by atoms with Crippen LogP contribution in [-0.2, 0) is 17.8 Å². The Morgan fingerprint density at radius 2 is 2.09 bits per heavy atom. The summed E-state index contributed by atoms with van der Waals surface area (Å²) in [5, 5.41) is 11.8. The minimum atomic E-state index is -0.497. The van der Waals surface area contributed by atoms with Crippen LogP contribution < -0.4 is 4.74 Å². The molecule has 0 fully saturated rings. The number of hydrogen-bond acceptors (Lipinski definition) is 7. The lowest BCUT2D eigenvalue weighted by Crippen LogP contribution is -2.09. The molecule has 2 rings (SSSR count). The van der Waals surface area contributed by atoms with E-state index in [-0.39, 0.29) is 5.69 Å². The molecule has 0 unspecified atom stereocenters. The molecule has 0 atom stereocenters. The molecule has 2 aromatic rings. The van der Waals surface area contributed by atoms with E-state index < -0.39 is 5.97 Å². The van der Waals surface area contributed by atoms with Gasteiger partial charge in [0.05, 0.1) is 17.9 Å². The Bertz CT molecular complexity index is 637. The highest BCUT2D eigenvalue weighted by Gasteiger charge is 2.14. The minimum Gasteiger partial charge on any atom is -0.472 e. The van der Waals surface area contributed by atoms with Crippen LogP contribution in [0.5, 0.6) is 5.88 Å². The zero-order chi connectivity index (χ0) is 16.7. The van der Waals surface area contributed by atoms with E-state index in [0.717, 1.165) is 36.3 Å². The van der Waals surface area contributed by atoms with E-state index in [1.54, 1.807) is 13.0 Å². The average molecular weight is 319 g/mol. The van der Waals surface area contributed by atoms with Gasteiger partial charge in [-0.1, -0.05) is 18.5 Å². The van der Waals surface area contributed by atoms with Crippen LogP contribution in [0.3, 0.4) is 0 Å². The van der Waals surface area contributed by atoms with Crippen molar-refractivity contribution in [1.29, 1.82) is 0 Å². The number of aryl methyl sites for hydroxylation is 2. The van der Waals surface area contributed by atoms with Crippen molar-refractivity contribution in [2.75, 3.05) is 6.61 Å². The van der Waals surface area contributed by atoms with Crippen molar-refractivity contribution in [2.45, 2.75) is 46.6 Å². The van der Waals surface area contributed by atoms with E-state index in [9.17, 15) is 4.79 Å². The highest BCUT2D eigenvalue weighted by molar-refractivity contribution is 5.86. The lowest BCUT2D eigenvalue weighted by molar-refractivity contribution is 0.0518. The molecule has 0 N–H and O–H groups in total. The summed E-state index contributed by atoms with van der Waals surface area (Å²) in [6.07, 6.45) is 3.00. The van der Waals surface area contributed by atoms with Gasteiger partial charge in [-0.2, -0.15) is 0 Å². The van der Waals surface area contributed by atoms with Gasteiger partial charge in [0.15, 0.2) is 5.69 Å². The Morgan fingerprint density at radius 3 is 2.74 bits per heavy atom. The molecule has 0 aliphatic rings. The van der Waals surface area contributed by atoms with Crippen molar-refractivity contribution in [3.63, 3.8) is 0 Å². The van der Waals surface area contributed by atoms with Crippen LogP contribution in [0.25, 0.3) is 0 Å². The molecule has 0 aliphatic heterocycles. The molecule has 0 aromatic carbocycles. The van der Waals surface area contributed by atoms with Crippen molar-refractivity contribution in [3.8, 4) is 5.88 Å². The number of carbonyl (C=O) groups is 1. The first-order chi connectivity index (χ1) is 11.2. The van der Waals surface area contributed by atoms with Crippen molar-refractivity contribution >= 4 is 5.97 Å². The van der Waals surface area contributed by atoms with Gasteiger partial charge in [0.25, 0.3) is 0 Å². The predicted octanol–water partition coefficient (Wildman–Crippen LogP) is 2.87. The molecule has 2 heterocycles. The van der Waals surface area contributed by atoms with Crippen LogP contribution >= 0.6 is 0 Å². The van der Waals surface area contributed by atoms with E-state index in [2.05, 4.69) is 22.3 Å². The van der Waals surface area contributed by atoms with Crippen molar-refractivity contribution < 1.29 is 18.8 Å². The molecule has 0 radical (unpaired) electrons. The van der Waals surface area contributed by atoms with Crippen LogP contribution in [0.4, 0.5) is 0 Å². The third-order valence-corrected chi connectivity index (χ3v) is 3.32. The Hall–Kier alpha value is -2.44. The molecular formula is C16H21N3O4. The molecular weight excluding hydrogens is 298 g/mol. The van der Waals surface area contributed by atoms with Crippen molar-refractivity contribution in [2.24, 2.45) is 0 Å². The molecule has 0 aliphatic carbocycles. The number of aromatic nitrogens is 3. The number of hydrogen-bond donors (Lipinski definition) is 0. The van der Waals surface area contributed by atoms with E-state index in [1.807, 2.05) is 6.92 Å². The highest BCUT2D eigenvalue weighted by atomic mass is 16.5. The number of ether oxygens (including phenoxy) is 2. The molecule has 124 valence electrons. The Labute approximate surface area is 135 Å². The molecule has 7 heteroatoms. The van der Waals surface area contributed by atoms with Crippen LogP contribution in [0.1, 0.15) is 54.2 Å². The first-order valence-corrected chi connectivity index (χ1v) is 7.73. The normalized spacial score (nSPS) is 10.6. The maximum atomic E-state index is 11.5. The van der Waals surface area contributed by atoms with Crippen LogP contribution in [0.2, 0.25) is 0 Å². The van der Waals surface area contributed by atoms with Gasteiger partial charge in [-0.15, -0.1) is 10.2 Å². The number of carbonyl (C=O) groups excluding carboxylic acids is 1. The van der Waals surface area contributed by atoms with E-state index in [4.69, 9.17) is 14.0 Å². The largest absolute Gasteiger partial charge is 0.472 e. The summed E-state index contributed by atoms with van der Waals surface area (Å²) in [5.41, 5.74) is 2.01. The lowest BCUT2D eigenvalue weighted by Gasteiger charge is -2.06. The standard InChI is InChI=1S/C16H21N3O4/c1-4-6-7-13-12(11(3)23-19-13)10-22-15-9-8-14(17-18-15)16(20)21-5-2/h8-9H,4-7,10H2,1-3H3. The molecule has 0 amide bonds. The van der Waals surface area contributed by atoms with Crippen LogP contribution in [-0.4, -0.2) is 27.9 Å². The third-order valence-electron chi connectivity index (χ3n) is 3.32. The van der Waals surface area contributed by atoms with Gasteiger partial charge in [-0.05, 0) is 32.8 Å². The molecule has 23 heavy (non-hydrogen) atoms. The lowest BCUT2D eigenvalue weighted by atomic mass is 10.1. The average Bonchev–Trinajstić information content (AvgIpc) is 2.91. The summed E-state index contributed by atoms with van der Waals surface area (Å²) in [7, 11) is 0. The summed E-state index contributed by atoms with van der Waals surface area (Å²) in [4.78, 5) is 11.5. The highest BCUT2D eigenvalue weighted by Crippen LogP contribution is 2.18. The van der Waals surface area contributed by atoms with Crippen molar-refractivity contribution in [3.05, 3.63) is 34.8 Å². The van der Waals surface area contributed by atoms with E-state index in [0.29, 0.717) is 19.1 Å². The maximum Gasteiger partial charge on any atom is 0.358 e. The number of nitrogens with zero attached hydrogens (tertiary/aromatic N) is 3. The fourth-order valence-electron chi connectivity index (χ4n) is 2.02. The molecule has 2 aromatic heterocycles. The van der Waals surface area contributed by atoms with Crippen LogP contribution in [0, 0.1) is 6.92 Å². The van der Waals surface area contributed by atoms with E-state index in [1.165, 1.54) is 6.07 Å². The summed E-state index contributed by atoms with van der Waals surface area (Å²) in [5.74, 6) is 0.579. The SMILES string of the molecule is CCCCc1noc(C)c1COc1ccc(C(=O)OCC)nn1. The molecule has 0 bridgehead atoms. The summed E-state index contributed by atoms with van der Waals surface area (Å²) in [6, 6.07) is 3.12. The number of esters is 1. The molecule has 7 nitrogen and oxygen atoms in total. The summed E-state index contributed by atoms with van der Waals surface area (Å²) < 4.78 is 15.7. The first kappa shape index (κ1) is 16.9. The fourth-order valence-corrected chi connectivity index (χ4v) is 2.02. The predicted molar refractivity (Wildman–Crippen MR) is 82.2 cm³/mol. The summed E-state index contributed by atoms with van der Waals surface area (Å²) >= 11 is 0. The monoisotopic (exact) mass is 319 g/mol. The Morgan fingerprint density at radius 1 is 1.26 bits per heavy atom. The van der Waals surface area contributed by atoms with Gasteiger partial charge in [0.1, 0.15) is 12.4 Å². The maximum absolute atomic E-state index is 11.5. The van der Waals surface area contributed by atoms with E-state index >= 15 is 0 Å². The third kappa shape index (κ3) is 4.51.